The summed E-state index contributed by atoms with van der Waals surface area (Å²) in [5.41, 5.74) is 2.20. The van der Waals surface area contributed by atoms with E-state index >= 15 is 0 Å². The summed E-state index contributed by atoms with van der Waals surface area (Å²) in [6.07, 6.45) is 0.0530. The van der Waals surface area contributed by atoms with E-state index in [1.807, 2.05) is 42.7 Å². The normalized spacial score (nSPS) is 18.8. The van der Waals surface area contributed by atoms with Gasteiger partial charge in [0.15, 0.2) is 0 Å². The van der Waals surface area contributed by atoms with E-state index in [1.54, 1.807) is 12.1 Å². The van der Waals surface area contributed by atoms with E-state index in [2.05, 4.69) is 0 Å². The molecule has 0 atom stereocenters. The van der Waals surface area contributed by atoms with Gasteiger partial charge in [0.1, 0.15) is 11.4 Å². The van der Waals surface area contributed by atoms with Crippen molar-refractivity contribution < 1.29 is 9.59 Å². The Labute approximate surface area is 118 Å². The quantitative estimate of drug-likeness (QED) is 0.826. The van der Waals surface area contributed by atoms with Gasteiger partial charge in [-0.05, 0) is 20.8 Å². The van der Waals surface area contributed by atoms with Crippen LogP contribution in [0.4, 0.5) is 0 Å². The van der Waals surface area contributed by atoms with E-state index in [-0.39, 0.29) is 17.7 Å². The van der Waals surface area contributed by atoms with Crippen molar-refractivity contribution >= 4 is 11.6 Å². The number of fused-ring (bicyclic) bond motifs is 1. The van der Waals surface area contributed by atoms with Gasteiger partial charge in [-0.2, -0.15) is 0 Å². The van der Waals surface area contributed by atoms with Crippen molar-refractivity contribution in [2.24, 2.45) is 0 Å². The van der Waals surface area contributed by atoms with Crippen LogP contribution in [0.2, 0.25) is 0 Å². The second kappa shape index (κ2) is 4.47. The van der Waals surface area contributed by atoms with Gasteiger partial charge in [-0.25, -0.2) is 0 Å². The highest BCUT2D eigenvalue weighted by Crippen LogP contribution is 2.37. The molecule has 104 valence electrons. The van der Waals surface area contributed by atoms with Crippen LogP contribution in [0.25, 0.3) is 0 Å². The molecule has 0 amide bonds. The summed E-state index contributed by atoms with van der Waals surface area (Å²) in [6.45, 7) is 7.50. The van der Waals surface area contributed by atoms with Crippen molar-refractivity contribution in [1.82, 2.24) is 9.80 Å². The van der Waals surface area contributed by atoms with E-state index in [0.717, 1.165) is 13.1 Å². The molecule has 1 heterocycles. The molecule has 1 aliphatic heterocycles. The minimum atomic E-state index is -0.0279. The molecule has 2 aliphatic rings. The van der Waals surface area contributed by atoms with Gasteiger partial charge in [-0.15, -0.1) is 0 Å². The van der Waals surface area contributed by atoms with Crippen LogP contribution in [-0.2, 0) is 0 Å². The van der Waals surface area contributed by atoms with Crippen LogP contribution < -0.4 is 0 Å². The van der Waals surface area contributed by atoms with Gasteiger partial charge in [0, 0.05) is 24.2 Å². The molecule has 20 heavy (non-hydrogen) atoms. The SMILES string of the molecule is CCN1C2=C(C(=O)c3ccccc3C2=O)N(CC)C1C. The zero-order valence-electron chi connectivity index (χ0n) is 12.0. The van der Waals surface area contributed by atoms with E-state index in [4.69, 9.17) is 0 Å². The molecule has 0 radical (unpaired) electrons. The fourth-order valence-electron chi connectivity index (χ4n) is 3.27. The first kappa shape index (κ1) is 12.9. The monoisotopic (exact) mass is 270 g/mol. The van der Waals surface area contributed by atoms with E-state index in [0.29, 0.717) is 22.5 Å². The zero-order chi connectivity index (χ0) is 14.4. The topological polar surface area (TPSA) is 40.6 Å². The highest BCUT2D eigenvalue weighted by molar-refractivity contribution is 6.26. The van der Waals surface area contributed by atoms with Crippen molar-refractivity contribution in [3.05, 3.63) is 46.8 Å². The first-order valence-electron chi connectivity index (χ1n) is 7.07. The first-order chi connectivity index (χ1) is 9.61. The molecule has 0 spiro atoms. The molecule has 1 aliphatic carbocycles. The summed E-state index contributed by atoms with van der Waals surface area (Å²) in [6, 6.07) is 7.10. The molecule has 3 rings (SSSR count). The van der Waals surface area contributed by atoms with Crippen LogP contribution in [-0.4, -0.2) is 40.6 Å². The van der Waals surface area contributed by atoms with Gasteiger partial charge < -0.3 is 9.80 Å². The lowest BCUT2D eigenvalue weighted by Gasteiger charge is -2.29. The highest BCUT2D eigenvalue weighted by Gasteiger charge is 2.44. The van der Waals surface area contributed by atoms with Gasteiger partial charge >= 0.3 is 0 Å². The number of carbonyl (C=O) groups is 2. The Morgan fingerprint density at radius 3 is 1.65 bits per heavy atom. The van der Waals surface area contributed by atoms with E-state index < -0.39 is 0 Å². The predicted molar refractivity (Wildman–Crippen MR) is 76.4 cm³/mol. The second-order valence-corrected chi connectivity index (χ2v) is 5.10. The average molecular weight is 270 g/mol. The van der Waals surface area contributed by atoms with Crippen LogP contribution in [0.5, 0.6) is 0 Å². The van der Waals surface area contributed by atoms with Gasteiger partial charge in [0.2, 0.25) is 11.6 Å². The maximum Gasteiger partial charge on any atom is 0.212 e. The van der Waals surface area contributed by atoms with Crippen LogP contribution >= 0.6 is 0 Å². The summed E-state index contributed by atoms with van der Waals surface area (Å²) in [7, 11) is 0. The van der Waals surface area contributed by atoms with Gasteiger partial charge in [0.25, 0.3) is 0 Å². The zero-order valence-corrected chi connectivity index (χ0v) is 12.0. The molecular formula is C16H18N2O2. The lowest BCUT2D eigenvalue weighted by Crippen LogP contribution is -2.38. The third-order valence-corrected chi connectivity index (χ3v) is 4.23. The minimum absolute atomic E-state index is 0.0279. The molecule has 0 N–H and O–H groups in total. The number of Topliss-reactive ketones (excluding diaryl/α,β-unsaturated/α-hetero) is 2. The van der Waals surface area contributed by atoms with Crippen molar-refractivity contribution in [2.45, 2.75) is 26.9 Å². The Morgan fingerprint density at radius 1 is 0.900 bits per heavy atom. The molecule has 0 bridgehead atoms. The fourth-order valence-corrected chi connectivity index (χ4v) is 3.27. The number of allylic oxidation sites excluding steroid dienone is 2. The van der Waals surface area contributed by atoms with Crippen molar-refractivity contribution in [3.63, 3.8) is 0 Å². The first-order valence-corrected chi connectivity index (χ1v) is 7.07. The Bertz CT molecular complexity index is 580. The summed E-state index contributed by atoms with van der Waals surface area (Å²) in [5, 5.41) is 0. The fraction of sp³-hybridized carbons (Fsp3) is 0.375. The average Bonchev–Trinajstić information content (AvgIpc) is 2.77. The Balaban J connectivity index is 2.22. The highest BCUT2D eigenvalue weighted by atomic mass is 16.1. The number of hydrogen-bond acceptors (Lipinski definition) is 4. The molecular weight excluding hydrogens is 252 g/mol. The molecule has 0 saturated carbocycles. The number of benzene rings is 1. The summed E-state index contributed by atoms with van der Waals surface area (Å²) < 4.78 is 0. The third-order valence-electron chi connectivity index (χ3n) is 4.23. The summed E-state index contributed by atoms with van der Waals surface area (Å²) in [5.74, 6) is -0.0558. The minimum Gasteiger partial charge on any atom is -0.347 e. The lowest BCUT2D eigenvalue weighted by molar-refractivity contribution is 0.0951. The molecule has 1 aromatic rings. The van der Waals surface area contributed by atoms with E-state index in [9.17, 15) is 9.59 Å². The number of carbonyl (C=O) groups excluding carboxylic acids is 2. The number of likely N-dealkylation sites (N-methyl/N-ethyl adjacent to an activating group) is 2. The molecule has 0 unspecified atom stereocenters. The Hall–Kier alpha value is -2.10. The number of nitrogens with zero attached hydrogens (tertiary/aromatic N) is 2. The standard InChI is InChI=1S/C16H18N2O2/c1-4-17-10(3)18(5-2)14-13(17)15(19)11-8-6-7-9-12(11)16(14)20/h6-10H,4-5H2,1-3H3. The van der Waals surface area contributed by atoms with Crippen molar-refractivity contribution in [1.29, 1.82) is 0 Å². The lowest BCUT2D eigenvalue weighted by atomic mass is 9.90. The Morgan fingerprint density at radius 2 is 1.30 bits per heavy atom. The molecule has 0 aromatic heterocycles. The van der Waals surface area contributed by atoms with Crippen LogP contribution in [0.1, 0.15) is 41.5 Å². The Kier molecular flexibility index (Phi) is 2.89. The molecule has 0 fully saturated rings. The van der Waals surface area contributed by atoms with Crippen molar-refractivity contribution in [3.8, 4) is 0 Å². The maximum absolute atomic E-state index is 12.7. The molecule has 1 aromatic carbocycles. The second-order valence-electron chi connectivity index (χ2n) is 5.10. The summed E-state index contributed by atoms with van der Waals surface area (Å²) in [4.78, 5) is 29.5. The molecule has 4 heteroatoms. The number of hydrogen-bond donors (Lipinski definition) is 0. The van der Waals surface area contributed by atoms with Crippen LogP contribution in [0.15, 0.2) is 35.7 Å². The van der Waals surface area contributed by atoms with Gasteiger partial charge in [-0.3, -0.25) is 9.59 Å². The van der Waals surface area contributed by atoms with Gasteiger partial charge in [-0.1, -0.05) is 24.3 Å². The van der Waals surface area contributed by atoms with Crippen molar-refractivity contribution in [2.75, 3.05) is 13.1 Å². The molecule has 4 nitrogen and oxygen atoms in total. The number of ketones is 2. The van der Waals surface area contributed by atoms with Gasteiger partial charge in [0.05, 0.1) is 6.17 Å². The largest absolute Gasteiger partial charge is 0.347 e. The smallest absolute Gasteiger partial charge is 0.212 e. The maximum atomic E-state index is 12.7. The van der Waals surface area contributed by atoms with Crippen LogP contribution in [0, 0.1) is 0 Å². The summed E-state index contributed by atoms with van der Waals surface area (Å²) >= 11 is 0. The van der Waals surface area contributed by atoms with E-state index in [1.165, 1.54) is 0 Å². The number of rotatable bonds is 2. The molecule has 0 saturated heterocycles. The predicted octanol–water partition coefficient (Wildman–Crippen LogP) is 2.28. The third kappa shape index (κ3) is 1.48. The van der Waals surface area contributed by atoms with Crippen LogP contribution in [0.3, 0.4) is 0 Å².